The van der Waals surface area contributed by atoms with Gasteiger partial charge in [0.1, 0.15) is 11.6 Å². The second kappa shape index (κ2) is 9.72. The Balaban J connectivity index is 0.00000140. The molecule has 1 aromatic carbocycles. The van der Waals surface area contributed by atoms with Crippen LogP contribution in [0.15, 0.2) is 30.3 Å². The minimum Gasteiger partial charge on any atom is -0.342 e. The Bertz CT molecular complexity index is 782. The van der Waals surface area contributed by atoms with Gasteiger partial charge in [0.2, 0.25) is 5.91 Å². The van der Waals surface area contributed by atoms with E-state index in [1.807, 2.05) is 42.2 Å². The second-order valence-corrected chi connectivity index (χ2v) is 7.58. The second-order valence-electron chi connectivity index (χ2n) is 7.58. The van der Waals surface area contributed by atoms with Gasteiger partial charge in [-0.1, -0.05) is 37.3 Å². The molecular weight excluding hydrogens is 397 g/mol. The fourth-order valence-corrected chi connectivity index (χ4v) is 4.27. The summed E-state index contributed by atoms with van der Waals surface area (Å²) in [5, 5.41) is 8.77. The highest BCUT2D eigenvalue weighted by Crippen LogP contribution is 2.30. The molecule has 0 saturated carbocycles. The van der Waals surface area contributed by atoms with Gasteiger partial charge in [-0.05, 0) is 24.8 Å². The molecule has 2 aromatic rings. The summed E-state index contributed by atoms with van der Waals surface area (Å²) >= 11 is 0. The van der Waals surface area contributed by atoms with E-state index in [1.165, 1.54) is 0 Å². The van der Waals surface area contributed by atoms with Crippen LogP contribution in [0, 0.1) is 5.92 Å². The molecule has 2 aliphatic heterocycles. The highest BCUT2D eigenvalue weighted by Gasteiger charge is 2.33. The molecule has 2 N–H and O–H groups in total. The number of amides is 1. The lowest BCUT2D eigenvalue weighted by atomic mass is 9.91. The molecule has 3 heterocycles. The number of rotatable bonds is 4. The molecule has 1 aromatic heterocycles. The third-order valence-corrected chi connectivity index (χ3v) is 5.85. The van der Waals surface area contributed by atoms with Gasteiger partial charge in [0.25, 0.3) is 0 Å². The van der Waals surface area contributed by atoms with E-state index in [9.17, 15) is 4.79 Å². The lowest BCUT2D eigenvalue weighted by Gasteiger charge is -2.35. The van der Waals surface area contributed by atoms with Crippen molar-refractivity contribution in [2.75, 3.05) is 13.1 Å². The normalized spacial score (nSPS) is 20.5. The van der Waals surface area contributed by atoms with E-state index in [1.54, 1.807) is 0 Å². The number of benzene rings is 1. The summed E-state index contributed by atoms with van der Waals surface area (Å²) in [5.74, 6) is 2.36. The largest absolute Gasteiger partial charge is 0.342 e. The van der Waals surface area contributed by atoms with Crippen LogP contribution >= 0.6 is 24.8 Å². The molecule has 28 heavy (non-hydrogen) atoms. The van der Waals surface area contributed by atoms with E-state index in [0.717, 1.165) is 62.5 Å². The Hall–Kier alpha value is -1.63. The smallest absolute Gasteiger partial charge is 0.227 e. The minimum absolute atomic E-state index is 0. The molecule has 6 nitrogen and oxygen atoms in total. The predicted octanol–water partition coefficient (Wildman–Crippen LogP) is 3.11. The zero-order chi connectivity index (χ0) is 18.1. The lowest BCUT2D eigenvalue weighted by molar-refractivity contribution is -0.137. The standard InChI is InChI=1S/C20H27N5O.2ClH/c1-14(18(21)15-7-3-2-4-8-15)20(26)24-11-5-9-16(13-24)19-23-22-17-10-6-12-25(17)19;;/h2-4,7-8,14,16,18H,5-6,9-13,21H2,1H3;2*1H. The number of aromatic nitrogens is 3. The van der Waals surface area contributed by atoms with Gasteiger partial charge in [-0.2, -0.15) is 0 Å². The van der Waals surface area contributed by atoms with E-state index in [0.29, 0.717) is 0 Å². The molecule has 1 fully saturated rings. The molecule has 3 atom stereocenters. The van der Waals surface area contributed by atoms with Gasteiger partial charge in [0.05, 0.1) is 5.92 Å². The van der Waals surface area contributed by atoms with Crippen molar-refractivity contribution >= 4 is 30.7 Å². The van der Waals surface area contributed by atoms with Crippen molar-refractivity contribution in [1.82, 2.24) is 19.7 Å². The number of hydrogen-bond acceptors (Lipinski definition) is 4. The molecule has 2 aliphatic rings. The Labute approximate surface area is 178 Å². The molecular formula is C20H29Cl2N5O. The van der Waals surface area contributed by atoms with Gasteiger partial charge in [-0.15, -0.1) is 35.0 Å². The summed E-state index contributed by atoms with van der Waals surface area (Å²) in [4.78, 5) is 15.0. The highest BCUT2D eigenvalue weighted by molar-refractivity contribution is 5.85. The van der Waals surface area contributed by atoms with Crippen LogP contribution in [0.2, 0.25) is 0 Å². The predicted molar refractivity (Wildman–Crippen MR) is 114 cm³/mol. The van der Waals surface area contributed by atoms with Gasteiger partial charge < -0.3 is 15.2 Å². The maximum absolute atomic E-state index is 13.1. The number of carbonyl (C=O) groups excluding carboxylic acids is 1. The summed E-state index contributed by atoms with van der Waals surface area (Å²) in [6.07, 6.45) is 4.24. The van der Waals surface area contributed by atoms with Crippen LogP contribution in [0.4, 0.5) is 0 Å². The zero-order valence-electron chi connectivity index (χ0n) is 16.2. The SMILES string of the molecule is CC(C(=O)N1CCCC(c2nnc3n2CCC3)C1)C(N)c1ccccc1.Cl.Cl. The topological polar surface area (TPSA) is 77.0 Å². The first kappa shape index (κ1) is 22.7. The minimum atomic E-state index is -0.276. The number of nitrogens with two attached hydrogens (primary N) is 1. The maximum Gasteiger partial charge on any atom is 0.227 e. The van der Waals surface area contributed by atoms with Crippen LogP contribution in [0.5, 0.6) is 0 Å². The molecule has 1 saturated heterocycles. The fourth-order valence-electron chi connectivity index (χ4n) is 4.27. The number of nitrogens with zero attached hydrogens (tertiary/aromatic N) is 4. The molecule has 0 bridgehead atoms. The molecule has 1 amide bonds. The van der Waals surface area contributed by atoms with Crippen LogP contribution < -0.4 is 5.73 Å². The summed E-state index contributed by atoms with van der Waals surface area (Å²) < 4.78 is 2.26. The molecule has 154 valence electrons. The van der Waals surface area contributed by atoms with Crippen molar-refractivity contribution in [2.24, 2.45) is 11.7 Å². The fraction of sp³-hybridized carbons (Fsp3) is 0.550. The first-order valence-corrected chi connectivity index (χ1v) is 9.66. The van der Waals surface area contributed by atoms with Crippen LogP contribution in [-0.4, -0.2) is 38.7 Å². The summed E-state index contributed by atoms with van der Waals surface area (Å²) in [5.41, 5.74) is 7.39. The molecule has 8 heteroatoms. The van der Waals surface area contributed by atoms with Gasteiger partial charge in [-0.25, -0.2) is 0 Å². The number of hydrogen-bond donors (Lipinski definition) is 1. The molecule has 0 radical (unpaired) electrons. The number of piperidine rings is 1. The van der Waals surface area contributed by atoms with Crippen molar-refractivity contribution in [2.45, 2.75) is 51.1 Å². The molecule has 0 spiro atoms. The van der Waals surface area contributed by atoms with E-state index in [2.05, 4.69) is 14.8 Å². The number of carbonyl (C=O) groups is 1. The Morgan fingerprint density at radius 3 is 2.64 bits per heavy atom. The van der Waals surface area contributed by atoms with Crippen LogP contribution in [0.25, 0.3) is 0 Å². The average molecular weight is 426 g/mol. The van der Waals surface area contributed by atoms with E-state index >= 15 is 0 Å². The molecule has 3 unspecified atom stereocenters. The summed E-state index contributed by atoms with van der Waals surface area (Å²) in [7, 11) is 0. The quantitative estimate of drug-likeness (QED) is 0.815. The maximum atomic E-state index is 13.1. The average Bonchev–Trinajstić information content (AvgIpc) is 3.31. The Kier molecular flexibility index (Phi) is 7.87. The first-order valence-electron chi connectivity index (χ1n) is 9.66. The van der Waals surface area contributed by atoms with Gasteiger partial charge in [0.15, 0.2) is 0 Å². The van der Waals surface area contributed by atoms with Crippen molar-refractivity contribution in [3.8, 4) is 0 Å². The Morgan fingerprint density at radius 2 is 1.89 bits per heavy atom. The summed E-state index contributed by atoms with van der Waals surface area (Å²) in [6, 6.07) is 9.61. The first-order chi connectivity index (χ1) is 12.6. The highest BCUT2D eigenvalue weighted by atomic mass is 35.5. The van der Waals surface area contributed by atoms with E-state index < -0.39 is 0 Å². The number of aryl methyl sites for hydroxylation is 1. The molecule has 4 rings (SSSR count). The van der Waals surface area contributed by atoms with Crippen molar-refractivity contribution < 1.29 is 4.79 Å². The third-order valence-electron chi connectivity index (χ3n) is 5.85. The Morgan fingerprint density at radius 1 is 1.14 bits per heavy atom. The van der Waals surface area contributed by atoms with Crippen molar-refractivity contribution in [1.29, 1.82) is 0 Å². The van der Waals surface area contributed by atoms with Crippen LogP contribution in [0.3, 0.4) is 0 Å². The van der Waals surface area contributed by atoms with Gasteiger partial charge >= 0.3 is 0 Å². The van der Waals surface area contributed by atoms with E-state index in [-0.39, 0.29) is 48.6 Å². The van der Waals surface area contributed by atoms with Gasteiger partial charge in [-0.3, -0.25) is 4.79 Å². The van der Waals surface area contributed by atoms with Crippen molar-refractivity contribution in [3.05, 3.63) is 47.5 Å². The van der Waals surface area contributed by atoms with Crippen LogP contribution in [-0.2, 0) is 17.8 Å². The number of halogens is 2. The number of likely N-dealkylation sites (tertiary alicyclic amines) is 1. The monoisotopic (exact) mass is 425 g/mol. The zero-order valence-corrected chi connectivity index (χ0v) is 17.8. The molecule has 0 aliphatic carbocycles. The lowest BCUT2D eigenvalue weighted by Crippen LogP contribution is -2.44. The third kappa shape index (κ3) is 4.34. The van der Waals surface area contributed by atoms with Crippen molar-refractivity contribution in [3.63, 3.8) is 0 Å². The summed E-state index contributed by atoms with van der Waals surface area (Å²) in [6.45, 7) is 4.49. The van der Waals surface area contributed by atoms with Gasteiger partial charge in [0, 0.05) is 38.0 Å². The van der Waals surface area contributed by atoms with Crippen LogP contribution in [0.1, 0.15) is 55.4 Å². The van der Waals surface area contributed by atoms with E-state index in [4.69, 9.17) is 5.73 Å². The number of fused-ring (bicyclic) bond motifs is 1.